The van der Waals surface area contributed by atoms with Gasteiger partial charge < -0.3 is 0 Å². The van der Waals surface area contributed by atoms with Gasteiger partial charge in [-0.25, -0.2) is 0 Å². The molecule has 0 saturated carbocycles. The van der Waals surface area contributed by atoms with Gasteiger partial charge in [0.2, 0.25) is 0 Å². The van der Waals surface area contributed by atoms with Crippen molar-refractivity contribution in [3.05, 3.63) is 23.1 Å². The van der Waals surface area contributed by atoms with Gasteiger partial charge in [-0.1, -0.05) is 43.1 Å². The van der Waals surface area contributed by atoms with Crippen molar-refractivity contribution in [3.8, 4) is 0 Å². The van der Waals surface area contributed by atoms with Crippen LogP contribution in [0.2, 0.25) is 0 Å². The SMILES string of the molecule is CC/C=C/C=C1\SC(=S)N(CC)C1=O. The summed E-state index contributed by atoms with van der Waals surface area (Å²) in [6, 6.07) is 0. The summed E-state index contributed by atoms with van der Waals surface area (Å²) in [6.07, 6.45) is 6.73. The second-order valence-corrected chi connectivity index (χ2v) is 4.46. The molecule has 0 N–H and O–H groups in total. The molecule has 0 aromatic heterocycles. The number of nitrogens with zero attached hydrogens (tertiary/aromatic N) is 1. The molecule has 2 nitrogen and oxygen atoms in total. The Kier molecular flexibility index (Phi) is 4.35. The van der Waals surface area contributed by atoms with E-state index in [-0.39, 0.29) is 5.91 Å². The largest absolute Gasteiger partial charge is 0.293 e. The molecule has 76 valence electrons. The molecule has 0 aromatic carbocycles. The van der Waals surface area contributed by atoms with E-state index in [0.29, 0.717) is 10.9 Å². The molecule has 0 spiro atoms. The zero-order chi connectivity index (χ0) is 10.6. The predicted octanol–water partition coefficient (Wildman–Crippen LogP) is 2.72. The van der Waals surface area contributed by atoms with Gasteiger partial charge >= 0.3 is 0 Å². The zero-order valence-electron chi connectivity index (χ0n) is 8.32. The minimum Gasteiger partial charge on any atom is -0.293 e. The highest BCUT2D eigenvalue weighted by molar-refractivity contribution is 8.26. The number of allylic oxidation sites excluding steroid dienone is 3. The van der Waals surface area contributed by atoms with Gasteiger partial charge in [-0.05, 0) is 19.4 Å². The molecule has 0 radical (unpaired) electrons. The zero-order valence-corrected chi connectivity index (χ0v) is 9.95. The van der Waals surface area contributed by atoms with Crippen molar-refractivity contribution in [3.63, 3.8) is 0 Å². The van der Waals surface area contributed by atoms with Gasteiger partial charge in [-0.3, -0.25) is 9.69 Å². The molecule has 0 unspecified atom stereocenters. The Morgan fingerprint density at radius 2 is 2.21 bits per heavy atom. The molecule has 14 heavy (non-hydrogen) atoms. The lowest BCUT2D eigenvalue weighted by molar-refractivity contribution is -0.122. The van der Waals surface area contributed by atoms with Crippen LogP contribution in [0, 0.1) is 0 Å². The van der Waals surface area contributed by atoms with Gasteiger partial charge in [0.05, 0.1) is 4.91 Å². The van der Waals surface area contributed by atoms with E-state index < -0.39 is 0 Å². The molecular formula is C10H13NOS2. The van der Waals surface area contributed by atoms with Crippen molar-refractivity contribution < 1.29 is 4.79 Å². The molecule has 0 aliphatic carbocycles. The lowest BCUT2D eigenvalue weighted by Crippen LogP contribution is -2.27. The van der Waals surface area contributed by atoms with Crippen molar-refractivity contribution >= 4 is 34.2 Å². The second kappa shape index (κ2) is 5.32. The van der Waals surface area contributed by atoms with E-state index in [4.69, 9.17) is 12.2 Å². The molecule has 1 heterocycles. The molecule has 0 aromatic rings. The Morgan fingerprint density at radius 1 is 1.50 bits per heavy atom. The first kappa shape index (κ1) is 11.5. The molecule has 1 fully saturated rings. The summed E-state index contributed by atoms with van der Waals surface area (Å²) in [7, 11) is 0. The van der Waals surface area contributed by atoms with Gasteiger partial charge in [0.15, 0.2) is 0 Å². The second-order valence-electron chi connectivity index (χ2n) is 2.78. The van der Waals surface area contributed by atoms with Crippen LogP contribution < -0.4 is 0 Å². The minimum absolute atomic E-state index is 0.0308. The van der Waals surface area contributed by atoms with E-state index >= 15 is 0 Å². The van der Waals surface area contributed by atoms with E-state index in [1.165, 1.54) is 11.8 Å². The number of carbonyl (C=O) groups is 1. The van der Waals surface area contributed by atoms with Crippen LogP contribution in [0.15, 0.2) is 23.1 Å². The van der Waals surface area contributed by atoms with Gasteiger partial charge in [0.25, 0.3) is 5.91 Å². The van der Waals surface area contributed by atoms with E-state index in [1.807, 2.05) is 25.2 Å². The molecule has 1 amide bonds. The van der Waals surface area contributed by atoms with E-state index in [9.17, 15) is 4.79 Å². The van der Waals surface area contributed by atoms with Gasteiger partial charge in [-0.2, -0.15) is 0 Å². The van der Waals surface area contributed by atoms with Crippen molar-refractivity contribution in [2.75, 3.05) is 6.54 Å². The molecule has 4 heteroatoms. The number of thioether (sulfide) groups is 1. The average Bonchev–Trinajstić information content (AvgIpc) is 2.42. The number of carbonyl (C=O) groups excluding carboxylic acids is 1. The molecule has 0 atom stereocenters. The van der Waals surface area contributed by atoms with Crippen molar-refractivity contribution in [2.24, 2.45) is 0 Å². The number of amides is 1. The third kappa shape index (κ3) is 2.45. The maximum Gasteiger partial charge on any atom is 0.266 e. The Balaban J connectivity index is 2.76. The van der Waals surface area contributed by atoms with Gasteiger partial charge in [0, 0.05) is 6.54 Å². The molecule has 1 aliphatic rings. The first-order chi connectivity index (χ1) is 6.70. The number of thiocarbonyl (C=S) groups is 1. The smallest absolute Gasteiger partial charge is 0.266 e. The Bertz CT molecular complexity index is 307. The first-order valence-corrected chi connectivity index (χ1v) is 5.83. The van der Waals surface area contributed by atoms with E-state index in [0.717, 1.165) is 11.3 Å². The van der Waals surface area contributed by atoms with Crippen LogP contribution >= 0.6 is 24.0 Å². The topological polar surface area (TPSA) is 20.3 Å². The molecular weight excluding hydrogens is 214 g/mol. The maximum absolute atomic E-state index is 11.7. The number of hydrogen-bond donors (Lipinski definition) is 0. The number of rotatable bonds is 3. The van der Waals surface area contributed by atoms with Crippen molar-refractivity contribution in [2.45, 2.75) is 20.3 Å². The first-order valence-electron chi connectivity index (χ1n) is 4.61. The van der Waals surface area contributed by atoms with Crippen LogP contribution in [0.1, 0.15) is 20.3 Å². The maximum atomic E-state index is 11.7. The van der Waals surface area contributed by atoms with E-state index in [2.05, 4.69) is 6.92 Å². The summed E-state index contributed by atoms with van der Waals surface area (Å²) in [5.41, 5.74) is 0. The summed E-state index contributed by atoms with van der Waals surface area (Å²) in [5, 5.41) is 0. The van der Waals surface area contributed by atoms with Crippen LogP contribution in [-0.2, 0) is 4.79 Å². The van der Waals surface area contributed by atoms with E-state index in [1.54, 1.807) is 4.90 Å². The lowest BCUT2D eigenvalue weighted by atomic mass is 10.3. The molecule has 1 saturated heterocycles. The van der Waals surface area contributed by atoms with Crippen molar-refractivity contribution in [1.82, 2.24) is 4.90 Å². The predicted molar refractivity (Wildman–Crippen MR) is 65.1 cm³/mol. The summed E-state index contributed by atoms with van der Waals surface area (Å²) in [5.74, 6) is 0.0308. The van der Waals surface area contributed by atoms with Gasteiger partial charge in [0.1, 0.15) is 4.32 Å². The summed E-state index contributed by atoms with van der Waals surface area (Å²) in [6.45, 7) is 4.64. The van der Waals surface area contributed by atoms with Crippen LogP contribution in [0.25, 0.3) is 0 Å². The standard InChI is InChI=1S/C10H13NOS2/c1-3-5-6-7-8-9(12)11(4-2)10(13)14-8/h5-7H,3-4H2,1-2H3/b6-5+,8-7-. The fourth-order valence-electron chi connectivity index (χ4n) is 1.08. The Labute approximate surface area is 94.0 Å². The van der Waals surface area contributed by atoms with Crippen LogP contribution in [0.5, 0.6) is 0 Å². The molecule has 1 rings (SSSR count). The lowest BCUT2D eigenvalue weighted by Gasteiger charge is -2.09. The van der Waals surface area contributed by atoms with Crippen LogP contribution in [0.3, 0.4) is 0 Å². The molecule has 1 aliphatic heterocycles. The minimum atomic E-state index is 0.0308. The summed E-state index contributed by atoms with van der Waals surface area (Å²) in [4.78, 5) is 14.0. The molecule has 0 bridgehead atoms. The highest BCUT2D eigenvalue weighted by Gasteiger charge is 2.29. The fourth-order valence-corrected chi connectivity index (χ4v) is 2.41. The van der Waals surface area contributed by atoms with Crippen LogP contribution in [-0.4, -0.2) is 21.7 Å². The average molecular weight is 227 g/mol. The summed E-state index contributed by atoms with van der Waals surface area (Å²) < 4.78 is 0.661. The highest BCUT2D eigenvalue weighted by Crippen LogP contribution is 2.30. The Hall–Kier alpha value is -0.610. The van der Waals surface area contributed by atoms with Crippen molar-refractivity contribution in [1.29, 1.82) is 0 Å². The van der Waals surface area contributed by atoms with Crippen LogP contribution in [0.4, 0.5) is 0 Å². The quantitative estimate of drug-likeness (QED) is 0.546. The Morgan fingerprint density at radius 3 is 2.71 bits per heavy atom. The number of hydrogen-bond acceptors (Lipinski definition) is 3. The normalized spacial score (nSPS) is 20.4. The highest BCUT2D eigenvalue weighted by atomic mass is 32.2. The third-order valence-corrected chi connectivity index (χ3v) is 3.21. The fraction of sp³-hybridized carbons (Fsp3) is 0.400. The monoisotopic (exact) mass is 227 g/mol. The third-order valence-electron chi connectivity index (χ3n) is 1.81. The number of likely N-dealkylation sites (N-methyl/N-ethyl adjacent to an activating group) is 1. The van der Waals surface area contributed by atoms with Gasteiger partial charge in [-0.15, -0.1) is 0 Å². The summed E-state index contributed by atoms with van der Waals surface area (Å²) >= 11 is 6.45.